The molecule has 3 unspecified atom stereocenters. The van der Waals surface area contributed by atoms with Crippen LogP contribution < -0.4 is 5.32 Å². The first kappa shape index (κ1) is 17.4. The molecule has 0 saturated heterocycles. The topological polar surface area (TPSA) is 32.3 Å². The van der Waals surface area contributed by atoms with E-state index in [1.54, 1.807) is 17.8 Å². The Bertz CT molecular complexity index is 427. The fourth-order valence-corrected chi connectivity index (χ4v) is 3.25. The molecule has 0 fully saturated rings. The van der Waals surface area contributed by atoms with E-state index in [1.807, 2.05) is 26.2 Å². The minimum Gasteiger partial charge on any atom is -0.395 e. The van der Waals surface area contributed by atoms with Crippen molar-refractivity contribution in [2.45, 2.75) is 31.2 Å². The van der Waals surface area contributed by atoms with Crippen LogP contribution in [-0.4, -0.2) is 29.3 Å². The third-order valence-corrected chi connectivity index (χ3v) is 5.56. The first-order valence-electron chi connectivity index (χ1n) is 5.95. The summed E-state index contributed by atoms with van der Waals surface area (Å²) in [5, 5.41) is 14.2. The summed E-state index contributed by atoms with van der Waals surface area (Å²) >= 11 is 19.8. The Labute approximate surface area is 133 Å². The lowest BCUT2D eigenvalue weighted by Gasteiger charge is -2.26. The first-order chi connectivity index (χ1) is 8.92. The van der Waals surface area contributed by atoms with Gasteiger partial charge < -0.3 is 10.4 Å². The van der Waals surface area contributed by atoms with Gasteiger partial charge in [-0.2, -0.15) is 11.8 Å². The van der Waals surface area contributed by atoms with Crippen molar-refractivity contribution in [2.24, 2.45) is 0 Å². The van der Waals surface area contributed by atoms with Crippen LogP contribution in [0.5, 0.6) is 0 Å². The average molecular weight is 343 g/mol. The summed E-state index contributed by atoms with van der Waals surface area (Å²) in [7, 11) is 0. The second-order valence-electron chi connectivity index (χ2n) is 4.40. The maximum absolute atomic E-state index is 9.29. The van der Waals surface area contributed by atoms with Crippen LogP contribution in [0.4, 0.5) is 0 Å². The van der Waals surface area contributed by atoms with Crippen LogP contribution in [0, 0.1) is 0 Å². The molecule has 1 rings (SSSR count). The Balaban J connectivity index is 2.84. The highest BCUT2D eigenvalue weighted by atomic mass is 35.5. The van der Waals surface area contributed by atoms with E-state index in [0.29, 0.717) is 15.1 Å². The minimum absolute atomic E-state index is 0.0264. The summed E-state index contributed by atoms with van der Waals surface area (Å²) in [6.45, 7) is 4.19. The van der Waals surface area contributed by atoms with Crippen molar-refractivity contribution >= 4 is 46.6 Å². The predicted molar refractivity (Wildman–Crippen MR) is 86.9 cm³/mol. The molecule has 0 aromatic heterocycles. The number of aliphatic hydroxyl groups excluding tert-OH is 1. The molecule has 0 bridgehead atoms. The Kier molecular flexibility index (Phi) is 7.30. The molecule has 0 amide bonds. The Hall–Kier alpha value is 0.360. The maximum Gasteiger partial charge on any atom is 0.0781 e. The van der Waals surface area contributed by atoms with Gasteiger partial charge in [-0.05, 0) is 31.7 Å². The highest BCUT2D eigenvalue weighted by Gasteiger charge is 2.20. The largest absolute Gasteiger partial charge is 0.395 e. The number of rotatable bonds is 6. The van der Waals surface area contributed by atoms with Crippen molar-refractivity contribution in [1.29, 1.82) is 0 Å². The average Bonchev–Trinajstić information content (AvgIpc) is 2.37. The second kappa shape index (κ2) is 7.96. The molecule has 2 nitrogen and oxygen atoms in total. The number of thioether (sulfide) groups is 1. The molecule has 0 aliphatic carbocycles. The molecule has 0 aliphatic heterocycles. The normalized spacial score (nSPS) is 16.2. The van der Waals surface area contributed by atoms with Crippen LogP contribution >= 0.6 is 46.6 Å². The molecule has 108 valence electrons. The third-order valence-electron chi connectivity index (χ3n) is 3.08. The first-order valence-corrected chi connectivity index (χ1v) is 8.37. The van der Waals surface area contributed by atoms with Gasteiger partial charge in [0.15, 0.2) is 0 Å². The van der Waals surface area contributed by atoms with Crippen LogP contribution in [0.1, 0.15) is 25.5 Å². The van der Waals surface area contributed by atoms with Gasteiger partial charge in [0.25, 0.3) is 0 Å². The zero-order valence-electron chi connectivity index (χ0n) is 11.1. The molecule has 2 N–H and O–H groups in total. The summed E-state index contributed by atoms with van der Waals surface area (Å²) in [5.41, 5.74) is 0.903. The highest BCUT2D eigenvalue weighted by molar-refractivity contribution is 7.99. The van der Waals surface area contributed by atoms with E-state index < -0.39 is 0 Å². The van der Waals surface area contributed by atoms with Crippen molar-refractivity contribution in [2.75, 3.05) is 12.9 Å². The van der Waals surface area contributed by atoms with Crippen molar-refractivity contribution in [3.63, 3.8) is 0 Å². The van der Waals surface area contributed by atoms with Crippen LogP contribution in [0.2, 0.25) is 15.1 Å². The second-order valence-corrected chi connectivity index (χ2v) is 6.64. The number of hydrogen-bond acceptors (Lipinski definition) is 3. The zero-order chi connectivity index (χ0) is 14.6. The van der Waals surface area contributed by atoms with Gasteiger partial charge in [0, 0.05) is 17.3 Å². The fraction of sp³-hybridized carbons (Fsp3) is 0.538. The predicted octanol–water partition coefficient (Wildman–Crippen LogP) is 4.41. The zero-order valence-corrected chi connectivity index (χ0v) is 14.2. The number of hydrogen-bond donors (Lipinski definition) is 2. The monoisotopic (exact) mass is 341 g/mol. The maximum atomic E-state index is 9.29. The smallest absolute Gasteiger partial charge is 0.0781 e. The summed E-state index contributed by atoms with van der Waals surface area (Å²) < 4.78 is 0. The number of halogens is 3. The number of nitrogens with one attached hydrogen (secondary N) is 1. The number of aliphatic hydroxyl groups is 1. The summed E-state index contributed by atoms with van der Waals surface area (Å²) in [5.74, 6) is 0. The Morgan fingerprint density at radius 3 is 2.37 bits per heavy atom. The van der Waals surface area contributed by atoms with Gasteiger partial charge in [-0.1, -0.05) is 40.9 Å². The molecule has 19 heavy (non-hydrogen) atoms. The van der Waals surface area contributed by atoms with Crippen LogP contribution in [0.15, 0.2) is 12.1 Å². The van der Waals surface area contributed by atoms with Crippen molar-refractivity contribution < 1.29 is 5.11 Å². The highest BCUT2D eigenvalue weighted by Crippen LogP contribution is 2.35. The molecule has 1 aromatic carbocycles. The van der Waals surface area contributed by atoms with E-state index in [1.165, 1.54) is 0 Å². The van der Waals surface area contributed by atoms with Gasteiger partial charge in [0.2, 0.25) is 0 Å². The lowest BCUT2D eigenvalue weighted by molar-refractivity contribution is 0.272. The van der Waals surface area contributed by atoms with E-state index in [0.717, 1.165) is 5.56 Å². The van der Waals surface area contributed by atoms with Gasteiger partial charge in [-0.15, -0.1) is 0 Å². The Morgan fingerprint density at radius 1 is 1.21 bits per heavy atom. The van der Waals surface area contributed by atoms with Crippen molar-refractivity contribution in [1.82, 2.24) is 5.32 Å². The van der Waals surface area contributed by atoms with E-state index in [-0.39, 0.29) is 23.9 Å². The van der Waals surface area contributed by atoms with Crippen LogP contribution in [0.25, 0.3) is 0 Å². The lowest BCUT2D eigenvalue weighted by Crippen LogP contribution is -2.39. The number of benzene rings is 1. The van der Waals surface area contributed by atoms with Gasteiger partial charge in [0.1, 0.15) is 0 Å². The molecule has 0 heterocycles. The van der Waals surface area contributed by atoms with Gasteiger partial charge in [-0.25, -0.2) is 0 Å². The Morgan fingerprint density at radius 2 is 1.84 bits per heavy atom. The van der Waals surface area contributed by atoms with E-state index in [9.17, 15) is 5.11 Å². The minimum atomic E-state index is 0.0264. The molecule has 0 radical (unpaired) electrons. The van der Waals surface area contributed by atoms with E-state index >= 15 is 0 Å². The van der Waals surface area contributed by atoms with Crippen LogP contribution in [-0.2, 0) is 0 Å². The molecule has 1 aromatic rings. The molecular weight excluding hydrogens is 325 g/mol. The van der Waals surface area contributed by atoms with Gasteiger partial charge in [-0.3, -0.25) is 0 Å². The molecule has 0 aliphatic rings. The fourth-order valence-electron chi connectivity index (χ4n) is 1.90. The van der Waals surface area contributed by atoms with Crippen molar-refractivity contribution in [3.8, 4) is 0 Å². The van der Waals surface area contributed by atoms with Gasteiger partial charge >= 0.3 is 0 Å². The SMILES string of the molecule is CSC(CO)C(C)NC(C)c1ccc(Cl)c(Cl)c1Cl. The lowest BCUT2D eigenvalue weighted by atomic mass is 10.1. The quantitative estimate of drug-likeness (QED) is 0.751. The van der Waals surface area contributed by atoms with E-state index in [4.69, 9.17) is 34.8 Å². The molecule has 0 spiro atoms. The van der Waals surface area contributed by atoms with Gasteiger partial charge in [0.05, 0.1) is 21.7 Å². The summed E-state index contributed by atoms with van der Waals surface area (Å²) in [6, 6.07) is 3.79. The molecule has 0 saturated carbocycles. The molecule has 6 heteroatoms. The molecular formula is C13H18Cl3NOS. The third kappa shape index (κ3) is 4.42. The summed E-state index contributed by atoms with van der Waals surface area (Å²) in [6.07, 6.45) is 1.98. The standard InChI is InChI=1S/C13H18Cl3NOS/c1-7(17-8(2)11(6-18)19-3)9-4-5-10(14)13(16)12(9)15/h4-5,7-8,11,17-18H,6H2,1-3H3. The summed E-state index contributed by atoms with van der Waals surface area (Å²) in [4.78, 5) is 0. The van der Waals surface area contributed by atoms with Crippen LogP contribution in [0.3, 0.4) is 0 Å². The van der Waals surface area contributed by atoms with E-state index in [2.05, 4.69) is 5.32 Å². The van der Waals surface area contributed by atoms with Crippen molar-refractivity contribution in [3.05, 3.63) is 32.8 Å². The molecule has 3 atom stereocenters.